The summed E-state index contributed by atoms with van der Waals surface area (Å²) < 4.78 is 11.5. The Bertz CT molecular complexity index is 621. The van der Waals surface area contributed by atoms with E-state index in [1.54, 1.807) is 18.3 Å². The van der Waals surface area contributed by atoms with Crippen LogP contribution in [0.3, 0.4) is 0 Å². The molecule has 0 aliphatic carbocycles. The van der Waals surface area contributed by atoms with Crippen molar-refractivity contribution in [1.29, 1.82) is 0 Å². The molecule has 0 fully saturated rings. The van der Waals surface area contributed by atoms with E-state index >= 15 is 0 Å². The SMILES string of the molecule is COc1cc2cnn(CCO)c(=O)c2cc1OC. The lowest BCUT2D eigenvalue weighted by atomic mass is 10.2. The molecular formula is C12H14N2O4. The van der Waals surface area contributed by atoms with Gasteiger partial charge in [0.2, 0.25) is 0 Å². The van der Waals surface area contributed by atoms with Crippen molar-refractivity contribution in [3.8, 4) is 11.5 Å². The van der Waals surface area contributed by atoms with Gasteiger partial charge in [0.25, 0.3) is 5.56 Å². The largest absolute Gasteiger partial charge is 0.493 e. The number of rotatable bonds is 4. The first-order valence-corrected chi connectivity index (χ1v) is 5.44. The number of methoxy groups -OCH3 is 2. The third kappa shape index (κ3) is 2.02. The summed E-state index contributed by atoms with van der Waals surface area (Å²) in [6.07, 6.45) is 1.56. The second kappa shape index (κ2) is 5.05. The standard InChI is InChI=1S/C12H14N2O4/c1-17-10-5-8-7-13-14(3-4-15)12(16)9(8)6-11(10)18-2/h5-7,15H,3-4H2,1-2H3. The molecule has 1 heterocycles. The Morgan fingerprint density at radius 3 is 2.56 bits per heavy atom. The summed E-state index contributed by atoms with van der Waals surface area (Å²) >= 11 is 0. The van der Waals surface area contributed by atoms with E-state index in [9.17, 15) is 4.79 Å². The molecule has 6 heteroatoms. The van der Waals surface area contributed by atoms with Gasteiger partial charge in [-0.15, -0.1) is 0 Å². The molecule has 2 aromatic rings. The van der Waals surface area contributed by atoms with Crippen molar-refractivity contribution in [2.45, 2.75) is 6.54 Å². The van der Waals surface area contributed by atoms with Crippen LogP contribution in [-0.2, 0) is 6.54 Å². The highest BCUT2D eigenvalue weighted by Gasteiger charge is 2.10. The fraction of sp³-hybridized carbons (Fsp3) is 0.333. The number of fused-ring (bicyclic) bond motifs is 1. The molecule has 1 aromatic heterocycles. The molecule has 0 amide bonds. The monoisotopic (exact) mass is 250 g/mol. The topological polar surface area (TPSA) is 73.6 Å². The first-order valence-electron chi connectivity index (χ1n) is 5.44. The van der Waals surface area contributed by atoms with E-state index in [-0.39, 0.29) is 18.7 Å². The second-order valence-electron chi connectivity index (χ2n) is 3.69. The van der Waals surface area contributed by atoms with Gasteiger partial charge in [0, 0.05) is 5.39 Å². The van der Waals surface area contributed by atoms with Gasteiger partial charge >= 0.3 is 0 Å². The Morgan fingerprint density at radius 2 is 1.94 bits per heavy atom. The summed E-state index contributed by atoms with van der Waals surface area (Å²) in [7, 11) is 3.04. The summed E-state index contributed by atoms with van der Waals surface area (Å²) in [6.45, 7) is 0.0365. The van der Waals surface area contributed by atoms with E-state index < -0.39 is 0 Å². The second-order valence-corrected chi connectivity index (χ2v) is 3.69. The molecule has 0 atom stereocenters. The van der Waals surface area contributed by atoms with Crippen LogP contribution in [0.25, 0.3) is 10.8 Å². The number of aliphatic hydroxyl groups excluding tert-OH is 1. The Hall–Kier alpha value is -2.08. The first kappa shape index (κ1) is 12.4. The van der Waals surface area contributed by atoms with Crippen LogP contribution in [-0.4, -0.2) is 35.7 Å². The molecule has 1 aromatic carbocycles. The molecular weight excluding hydrogens is 236 g/mol. The number of nitrogens with zero attached hydrogens (tertiary/aromatic N) is 2. The molecule has 0 bridgehead atoms. The maximum absolute atomic E-state index is 12.1. The van der Waals surface area contributed by atoms with Crippen LogP contribution < -0.4 is 15.0 Å². The molecule has 6 nitrogen and oxygen atoms in total. The van der Waals surface area contributed by atoms with Gasteiger partial charge in [0.15, 0.2) is 11.5 Å². The third-order valence-electron chi connectivity index (χ3n) is 2.67. The molecule has 0 aliphatic rings. The average molecular weight is 250 g/mol. The van der Waals surface area contributed by atoms with Crippen LogP contribution in [0.2, 0.25) is 0 Å². The zero-order valence-corrected chi connectivity index (χ0v) is 10.2. The lowest BCUT2D eigenvalue weighted by Gasteiger charge is -2.09. The van der Waals surface area contributed by atoms with Crippen molar-refractivity contribution < 1.29 is 14.6 Å². The van der Waals surface area contributed by atoms with Gasteiger partial charge in [0.1, 0.15) is 0 Å². The van der Waals surface area contributed by atoms with Gasteiger partial charge < -0.3 is 14.6 Å². The summed E-state index contributed by atoms with van der Waals surface area (Å²) in [5, 5.41) is 14.0. The summed E-state index contributed by atoms with van der Waals surface area (Å²) in [5.74, 6) is 1.04. The molecule has 0 saturated carbocycles. The molecule has 96 valence electrons. The van der Waals surface area contributed by atoms with Gasteiger partial charge in [-0.1, -0.05) is 0 Å². The van der Waals surface area contributed by atoms with Gasteiger partial charge in [-0.3, -0.25) is 4.79 Å². The van der Waals surface area contributed by atoms with Gasteiger partial charge in [-0.2, -0.15) is 5.10 Å². The quantitative estimate of drug-likeness (QED) is 0.850. The summed E-state index contributed by atoms with van der Waals surface area (Å²) in [6, 6.07) is 3.32. The van der Waals surface area contributed by atoms with Crippen LogP contribution in [0.5, 0.6) is 11.5 Å². The minimum atomic E-state index is -0.262. The van der Waals surface area contributed by atoms with E-state index in [4.69, 9.17) is 14.6 Å². The number of aromatic nitrogens is 2. The van der Waals surface area contributed by atoms with Crippen molar-refractivity contribution in [1.82, 2.24) is 9.78 Å². The number of hydrogen-bond acceptors (Lipinski definition) is 5. The zero-order chi connectivity index (χ0) is 13.1. The normalized spacial score (nSPS) is 10.6. The van der Waals surface area contributed by atoms with Gasteiger partial charge in [0.05, 0.1) is 39.0 Å². The van der Waals surface area contributed by atoms with Crippen molar-refractivity contribution >= 4 is 10.8 Å². The van der Waals surface area contributed by atoms with Crippen molar-refractivity contribution in [2.75, 3.05) is 20.8 Å². The molecule has 0 saturated heterocycles. The molecule has 0 spiro atoms. The molecule has 0 aliphatic heterocycles. The zero-order valence-electron chi connectivity index (χ0n) is 10.2. The number of hydrogen-bond donors (Lipinski definition) is 1. The molecule has 2 rings (SSSR count). The maximum Gasteiger partial charge on any atom is 0.274 e. The molecule has 18 heavy (non-hydrogen) atoms. The Kier molecular flexibility index (Phi) is 3.47. The third-order valence-corrected chi connectivity index (χ3v) is 2.67. The summed E-state index contributed by atoms with van der Waals surface area (Å²) in [5.41, 5.74) is -0.262. The Balaban J connectivity index is 2.70. The van der Waals surface area contributed by atoms with Gasteiger partial charge in [-0.25, -0.2) is 4.68 Å². The number of ether oxygens (including phenoxy) is 2. The first-order chi connectivity index (χ1) is 8.71. The van der Waals surface area contributed by atoms with E-state index in [2.05, 4.69) is 5.10 Å². The van der Waals surface area contributed by atoms with Gasteiger partial charge in [-0.05, 0) is 12.1 Å². The number of benzene rings is 1. The van der Waals surface area contributed by atoms with E-state index in [1.165, 1.54) is 18.9 Å². The van der Waals surface area contributed by atoms with Crippen LogP contribution >= 0.6 is 0 Å². The predicted octanol–water partition coefficient (Wildman–Crippen LogP) is 0.406. The number of aliphatic hydroxyl groups is 1. The smallest absolute Gasteiger partial charge is 0.274 e. The minimum Gasteiger partial charge on any atom is -0.493 e. The fourth-order valence-electron chi connectivity index (χ4n) is 1.76. The molecule has 0 radical (unpaired) electrons. The van der Waals surface area contributed by atoms with Crippen LogP contribution in [0, 0.1) is 0 Å². The van der Waals surface area contributed by atoms with E-state index in [1.807, 2.05) is 0 Å². The fourth-order valence-corrected chi connectivity index (χ4v) is 1.76. The van der Waals surface area contributed by atoms with E-state index in [0.717, 1.165) is 0 Å². The van der Waals surface area contributed by atoms with Crippen molar-refractivity contribution in [3.05, 3.63) is 28.7 Å². The Morgan fingerprint density at radius 1 is 1.28 bits per heavy atom. The average Bonchev–Trinajstić information content (AvgIpc) is 2.41. The molecule has 0 unspecified atom stereocenters. The highest BCUT2D eigenvalue weighted by molar-refractivity contribution is 5.84. The van der Waals surface area contributed by atoms with Crippen LogP contribution in [0.4, 0.5) is 0 Å². The van der Waals surface area contributed by atoms with Crippen molar-refractivity contribution in [2.24, 2.45) is 0 Å². The van der Waals surface area contributed by atoms with Crippen LogP contribution in [0.15, 0.2) is 23.1 Å². The van der Waals surface area contributed by atoms with E-state index in [0.29, 0.717) is 22.3 Å². The maximum atomic E-state index is 12.1. The lowest BCUT2D eigenvalue weighted by Crippen LogP contribution is -2.24. The predicted molar refractivity (Wildman–Crippen MR) is 66.2 cm³/mol. The minimum absolute atomic E-state index is 0.133. The van der Waals surface area contributed by atoms with Crippen LogP contribution in [0.1, 0.15) is 0 Å². The Labute approximate surface area is 103 Å². The molecule has 1 N–H and O–H groups in total. The highest BCUT2D eigenvalue weighted by Crippen LogP contribution is 2.30. The highest BCUT2D eigenvalue weighted by atomic mass is 16.5. The van der Waals surface area contributed by atoms with Crippen molar-refractivity contribution in [3.63, 3.8) is 0 Å². The summed E-state index contributed by atoms with van der Waals surface area (Å²) in [4.78, 5) is 12.1. The lowest BCUT2D eigenvalue weighted by molar-refractivity contribution is 0.266.